The van der Waals surface area contributed by atoms with Crippen LogP contribution in [0.15, 0.2) is 33.8 Å². The Kier molecular flexibility index (Phi) is 3.84. The van der Waals surface area contributed by atoms with Crippen LogP contribution in [0.5, 0.6) is 11.5 Å². The minimum atomic E-state index is -3.75. The molecule has 0 radical (unpaired) electrons. The topological polar surface area (TPSA) is 90.7 Å². The molecule has 0 amide bonds. The van der Waals surface area contributed by atoms with Crippen molar-refractivity contribution < 1.29 is 22.4 Å². The number of nitrogens with one attached hydrogen (secondary N) is 1. The minimum Gasteiger partial charge on any atom is -0.493 e. The molecule has 0 aliphatic rings. The lowest BCUT2D eigenvalue weighted by molar-refractivity contribution is 0.355. The lowest BCUT2D eigenvalue weighted by Gasteiger charge is -2.11. The van der Waals surface area contributed by atoms with Crippen LogP contribution < -0.4 is 14.2 Å². The fourth-order valence-corrected chi connectivity index (χ4v) is 2.80. The third-order valence-electron chi connectivity index (χ3n) is 2.63. The summed E-state index contributed by atoms with van der Waals surface area (Å²) < 4.78 is 41.7. The van der Waals surface area contributed by atoms with E-state index in [0.29, 0.717) is 17.2 Å². The van der Waals surface area contributed by atoms with E-state index < -0.39 is 10.0 Å². The summed E-state index contributed by atoms with van der Waals surface area (Å²) in [6, 6.07) is 4.71. The minimum absolute atomic E-state index is 0.00714. The van der Waals surface area contributed by atoms with Gasteiger partial charge in [-0.25, -0.2) is 8.42 Å². The summed E-state index contributed by atoms with van der Waals surface area (Å²) in [7, 11) is -0.773. The predicted octanol–water partition coefficient (Wildman–Crippen LogP) is 1.80. The molecule has 0 aliphatic heterocycles. The molecule has 2 rings (SSSR count). The molecule has 108 valence electrons. The maximum Gasteiger partial charge on any atom is 0.267 e. The van der Waals surface area contributed by atoms with E-state index in [2.05, 4.69) is 9.88 Å². The number of ether oxygens (including phenoxy) is 2. The lowest BCUT2D eigenvalue weighted by atomic mass is 10.3. The smallest absolute Gasteiger partial charge is 0.267 e. The van der Waals surface area contributed by atoms with Crippen molar-refractivity contribution in [2.24, 2.45) is 0 Å². The van der Waals surface area contributed by atoms with Crippen molar-refractivity contribution in [2.75, 3.05) is 18.9 Å². The second-order valence-corrected chi connectivity index (χ2v) is 5.57. The van der Waals surface area contributed by atoms with Crippen LogP contribution in [0, 0.1) is 6.92 Å². The van der Waals surface area contributed by atoms with Gasteiger partial charge in [-0.05, 0) is 19.1 Å². The van der Waals surface area contributed by atoms with Gasteiger partial charge >= 0.3 is 0 Å². The highest BCUT2D eigenvalue weighted by molar-refractivity contribution is 7.92. The van der Waals surface area contributed by atoms with Crippen LogP contribution >= 0.6 is 0 Å². The van der Waals surface area contributed by atoms with Gasteiger partial charge in [0.25, 0.3) is 10.0 Å². The van der Waals surface area contributed by atoms with E-state index in [-0.39, 0.29) is 10.7 Å². The monoisotopic (exact) mass is 298 g/mol. The number of sulfonamides is 1. The Bertz CT molecular complexity index is 708. The molecule has 20 heavy (non-hydrogen) atoms. The summed E-state index contributed by atoms with van der Waals surface area (Å²) in [6.45, 7) is 1.52. The molecule has 0 saturated heterocycles. The molecular formula is C12H14N2O5S. The molecule has 0 fully saturated rings. The maximum atomic E-state index is 12.2. The number of nitrogens with zero attached hydrogens (tertiary/aromatic N) is 1. The molecule has 1 N–H and O–H groups in total. The van der Waals surface area contributed by atoms with Gasteiger partial charge in [0.15, 0.2) is 17.3 Å². The molecular weight excluding hydrogens is 284 g/mol. The van der Waals surface area contributed by atoms with E-state index in [1.165, 1.54) is 27.2 Å². The summed E-state index contributed by atoms with van der Waals surface area (Å²) in [5, 5.41) is 3.45. The first kappa shape index (κ1) is 14.2. The fraction of sp³-hybridized carbons (Fsp3) is 0.250. The molecule has 7 nitrogen and oxygen atoms in total. The zero-order valence-corrected chi connectivity index (χ0v) is 12.0. The molecule has 0 bridgehead atoms. The van der Waals surface area contributed by atoms with Crippen LogP contribution in [0.1, 0.15) is 5.76 Å². The molecule has 0 aliphatic carbocycles. The van der Waals surface area contributed by atoms with Gasteiger partial charge in [-0.1, -0.05) is 5.16 Å². The first-order valence-corrected chi connectivity index (χ1v) is 7.12. The Labute approximate surface area is 116 Å². The van der Waals surface area contributed by atoms with Crippen LogP contribution in [-0.2, 0) is 10.0 Å². The number of aryl methyl sites for hydroxylation is 1. The van der Waals surface area contributed by atoms with Crippen molar-refractivity contribution in [3.8, 4) is 11.5 Å². The first-order chi connectivity index (χ1) is 9.47. The third-order valence-corrected chi connectivity index (χ3v) is 4.11. The molecule has 0 atom stereocenters. The van der Waals surface area contributed by atoms with Crippen LogP contribution in [-0.4, -0.2) is 27.8 Å². The number of methoxy groups -OCH3 is 2. The van der Waals surface area contributed by atoms with E-state index in [1.54, 1.807) is 12.1 Å². The first-order valence-electron chi connectivity index (χ1n) is 5.64. The van der Waals surface area contributed by atoms with Crippen molar-refractivity contribution in [1.29, 1.82) is 0 Å². The standard InChI is InChI=1S/C12H14N2O5S/c1-8-12(7-13-19-8)20(15,16)14-9-4-5-10(17-2)11(6-9)18-3/h4-7,14H,1-3H3. The number of hydrogen-bond donors (Lipinski definition) is 1. The normalized spacial score (nSPS) is 11.2. The summed E-state index contributed by atoms with van der Waals surface area (Å²) in [6.07, 6.45) is 1.15. The summed E-state index contributed by atoms with van der Waals surface area (Å²) >= 11 is 0. The molecule has 1 aromatic heterocycles. The van der Waals surface area contributed by atoms with E-state index in [0.717, 1.165) is 6.20 Å². The van der Waals surface area contributed by atoms with Crippen LogP contribution in [0.2, 0.25) is 0 Å². The Morgan fingerprint density at radius 1 is 1.20 bits per heavy atom. The molecule has 0 saturated carbocycles. The number of benzene rings is 1. The highest BCUT2D eigenvalue weighted by atomic mass is 32.2. The number of aromatic nitrogens is 1. The number of anilines is 1. The maximum absolute atomic E-state index is 12.2. The number of hydrogen-bond acceptors (Lipinski definition) is 6. The molecule has 8 heteroatoms. The highest BCUT2D eigenvalue weighted by Gasteiger charge is 2.20. The van der Waals surface area contributed by atoms with E-state index >= 15 is 0 Å². The van der Waals surface area contributed by atoms with Gasteiger partial charge in [0, 0.05) is 6.07 Å². The van der Waals surface area contributed by atoms with E-state index in [9.17, 15) is 8.42 Å². The Morgan fingerprint density at radius 2 is 1.90 bits per heavy atom. The molecule has 0 unspecified atom stereocenters. The Hall–Kier alpha value is -2.22. The molecule has 2 aromatic rings. The van der Waals surface area contributed by atoms with Gasteiger partial charge in [-0.3, -0.25) is 4.72 Å². The molecule has 1 heterocycles. The predicted molar refractivity (Wildman–Crippen MR) is 71.6 cm³/mol. The zero-order chi connectivity index (χ0) is 14.8. The van der Waals surface area contributed by atoms with Crippen LogP contribution in [0.3, 0.4) is 0 Å². The third kappa shape index (κ3) is 2.69. The second kappa shape index (κ2) is 5.41. The van der Waals surface area contributed by atoms with Gasteiger partial charge in [0.1, 0.15) is 4.90 Å². The highest BCUT2D eigenvalue weighted by Crippen LogP contribution is 2.30. The van der Waals surface area contributed by atoms with Crippen LogP contribution in [0.25, 0.3) is 0 Å². The van der Waals surface area contributed by atoms with Crippen LogP contribution in [0.4, 0.5) is 5.69 Å². The van der Waals surface area contributed by atoms with Gasteiger partial charge < -0.3 is 14.0 Å². The summed E-state index contributed by atoms with van der Waals surface area (Å²) in [4.78, 5) is -0.00714. The number of rotatable bonds is 5. The van der Waals surface area contributed by atoms with Gasteiger partial charge in [0.2, 0.25) is 0 Å². The van der Waals surface area contributed by atoms with Crippen molar-refractivity contribution in [1.82, 2.24) is 5.16 Å². The molecule has 1 aromatic carbocycles. The Balaban J connectivity index is 2.33. The average Bonchev–Trinajstić information content (AvgIpc) is 2.85. The van der Waals surface area contributed by atoms with Crippen molar-refractivity contribution in [2.45, 2.75) is 11.8 Å². The quantitative estimate of drug-likeness (QED) is 0.905. The summed E-state index contributed by atoms with van der Waals surface area (Å²) in [5.74, 6) is 1.16. The summed E-state index contributed by atoms with van der Waals surface area (Å²) in [5.41, 5.74) is 0.350. The Morgan fingerprint density at radius 3 is 2.45 bits per heavy atom. The molecule has 0 spiro atoms. The van der Waals surface area contributed by atoms with Gasteiger partial charge in [0.05, 0.1) is 26.1 Å². The van der Waals surface area contributed by atoms with Gasteiger partial charge in [-0.15, -0.1) is 0 Å². The van der Waals surface area contributed by atoms with Crippen molar-refractivity contribution in [3.05, 3.63) is 30.2 Å². The second-order valence-electron chi connectivity index (χ2n) is 3.92. The van der Waals surface area contributed by atoms with E-state index in [1.807, 2.05) is 0 Å². The van der Waals surface area contributed by atoms with Crippen molar-refractivity contribution in [3.63, 3.8) is 0 Å². The van der Waals surface area contributed by atoms with Crippen molar-refractivity contribution >= 4 is 15.7 Å². The fourth-order valence-electron chi connectivity index (χ4n) is 1.66. The van der Waals surface area contributed by atoms with Gasteiger partial charge in [-0.2, -0.15) is 0 Å². The average molecular weight is 298 g/mol. The lowest BCUT2D eigenvalue weighted by Crippen LogP contribution is -2.13. The van der Waals surface area contributed by atoms with E-state index in [4.69, 9.17) is 14.0 Å². The largest absolute Gasteiger partial charge is 0.493 e. The zero-order valence-electron chi connectivity index (χ0n) is 11.2. The SMILES string of the molecule is COc1ccc(NS(=O)(=O)c2cnoc2C)cc1OC.